The van der Waals surface area contributed by atoms with Crippen LogP contribution in [0.2, 0.25) is 0 Å². The van der Waals surface area contributed by atoms with Gasteiger partial charge in [0.15, 0.2) is 12.7 Å². The summed E-state index contributed by atoms with van der Waals surface area (Å²) in [5, 5.41) is 0. The van der Waals surface area contributed by atoms with E-state index in [-0.39, 0.29) is 0 Å². The predicted molar refractivity (Wildman–Crippen MR) is 83.2 cm³/mol. The number of hydrogen-bond acceptors (Lipinski definition) is 5. The van der Waals surface area contributed by atoms with Crippen LogP contribution < -0.4 is 18.8 Å². The molecule has 0 unspecified atom stereocenters. The van der Waals surface area contributed by atoms with Crippen LogP contribution in [0.1, 0.15) is 16.1 Å². The Labute approximate surface area is 135 Å². The summed E-state index contributed by atoms with van der Waals surface area (Å²) < 4.78 is 22.4. The van der Waals surface area contributed by atoms with Crippen LogP contribution in [0.15, 0.2) is 36.5 Å². The van der Waals surface area contributed by atoms with Gasteiger partial charge < -0.3 is 18.9 Å². The molecule has 122 valence electrons. The zero-order valence-corrected chi connectivity index (χ0v) is 13.7. The largest absolute Gasteiger partial charge is 0.497 e. The summed E-state index contributed by atoms with van der Waals surface area (Å²) >= 11 is 0. The Hall–Kier alpha value is -2.76. The van der Waals surface area contributed by atoms with Gasteiger partial charge in [-0.25, -0.2) is 4.79 Å². The second-order valence-electron chi connectivity index (χ2n) is 4.75. The summed E-state index contributed by atoms with van der Waals surface area (Å²) in [6, 6.07) is 8.97. The Bertz CT molecular complexity index is 699. The molecule has 1 heterocycles. The number of ether oxygens (including phenoxy) is 4. The van der Waals surface area contributed by atoms with Crippen molar-refractivity contribution in [3.63, 3.8) is 0 Å². The molecular weight excluding hydrogens is 298 g/mol. The molecule has 0 radical (unpaired) electrons. The SMILES string of the molecule is COC(=O)c1cc(OC)cc[n+]1Cc1ccc(OC)cc1OC. The van der Waals surface area contributed by atoms with E-state index in [0.717, 1.165) is 5.56 Å². The quantitative estimate of drug-likeness (QED) is 0.601. The molecule has 2 aromatic rings. The van der Waals surface area contributed by atoms with Crippen LogP contribution in [-0.2, 0) is 11.3 Å². The number of hydrogen-bond donors (Lipinski definition) is 0. The highest BCUT2D eigenvalue weighted by Crippen LogP contribution is 2.24. The number of carbonyl (C=O) groups is 1. The summed E-state index contributed by atoms with van der Waals surface area (Å²) in [5.41, 5.74) is 1.30. The van der Waals surface area contributed by atoms with Crippen molar-refractivity contribution in [3.05, 3.63) is 47.8 Å². The van der Waals surface area contributed by atoms with Crippen LogP contribution in [-0.4, -0.2) is 34.4 Å². The molecule has 0 bridgehead atoms. The van der Waals surface area contributed by atoms with Gasteiger partial charge in [-0.05, 0) is 12.1 Å². The minimum absolute atomic E-state index is 0.393. The van der Waals surface area contributed by atoms with Crippen molar-refractivity contribution < 1.29 is 28.3 Å². The van der Waals surface area contributed by atoms with Gasteiger partial charge in [0.05, 0.1) is 40.1 Å². The lowest BCUT2D eigenvalue weighted by atomic mass is 10.1. The molecule has 0 saturated carbocycles. The Kier molecular flexibility index (Phi) is 5.41. The van der Waals surface area contributed by atoms with Crippen molar-refractivity contribution >= 4 is 5.97 Å². The maximum absolute atomic E-state index is 12.0. The molecular formula is C17H20NO5+. The van der Waals surface area contributed by atoms with E-state index >= 15 is 0 Å². The number of methoxy groups -OCH3 is 4. The van der Waals surface area contributed by atoms with E-state index in [9.17, 15) is 4.79 Å². The van der Waals surface area contributed by atoms with E-state index in [4.69, 9.17) is 18.9 Å². The van der Waals surface area contributed by atoms with E-state index in [1.54, 1.807) is 50.3 Å². The fourth-order valence-corrected chi connectivity index (χ4v) is 2.22. The van der Waals surface area contributed by atoms with Gasteiger partial charge in [0.2, 0.25) is 0 Å². The molecule has 0 aliphatic rings. The van der Waals surface area contributed by atoms with E-state index < -0.39 is 5.97 Å². The predicted octanol–water partition coefficient (Wildman–Crippen LogP) is 1.83. The minimum atomic E-state index is -0.434. The van der Waals surface area contributed by atoms with Crippen molar-refractivity contribution in [1.82, 2.24) is 0 Å². The fourth-order valence-electron chi connectivity index (χ4n) is 2.22. The van der Waals surface area contributed by atoms with Crippen LogP contribution in [0.5, 0.6) is 17.2 Å². The Morgan fingerprint density at radius 3 is 2.26 bits per heavy atom. The summed E-state index contributed by atoms with van der Waals surface area (Å²) in [4.78, 5) is 12.0. The second kappa shape index (κ2) is 7.49. The van der Waals surface area contributed by atoms with Gasteiger partial charge in [0.1, 0.15) is 17.2 Å². The van der Waals surface area contributed by atoms with Gasteiger partial charge in [-0.2, -0.15) is 4.57 Å². The highest BCUT2D eigenvalue weighted by atomic mass is 16.5. The number of esters is 1. The standard InChI is InChI=1S/C17H20NO5/c1-20-13-6-5-12(16(10-13)22-3)11-18-8-7-14(21-2)9-15(18)17(19)23-4/h5-10H,11H2,1-4H3/q+1. The van der Waals surface area contributed by atoms with Crippen molar-refractivity contribution in [2.45, 2.75) is 6.54 Å². The first-order chi connectivity index (χ1) is 11.1. The first-order valence-electron chi connectivity index (χ1n) is 6.99. The molecule has 6 heteroatoms. The zero-order chi connectivity index (χ0) is 16.8. The smallest absolute Gasteiger partial charge is 0.403 e. The maximum Gasteiger partial charge on any atom is 0.403 e. The molecule has 1 aromatic heterocycles. The number of rotatable bonds is 6. The van der Waals surface area contributed by atoms with E-state index in [2.05, 4.69) is 0 Å². The molecule has 23 heavy (non-hydrogen) atoms. The van der Waals surface area contributed by atoms with Gasteiger partial charge >= 0.3 is 5.97 Å². The van der Waals surface area contributed by atoms with Crippen LogP contribution in [0.4, 0.5) is 0 Å². The average molecular weight is 318 g/mol. The molecule has 0 fully saturated rings. The third kappa shape index (κ3) is 3.71. The lowest BCUT2D eigenvalue weighted by Gasteiger charge is -2.10. The van der Waals surface area contributed by atoms with E-state index in [1.165, 1.54) is 7.11 Å². The van der Waals surface area contributed by atoms with Gasteiger partial charge in [0.25, 0.3) is 5.69 Å². The number of pyridine rings is 1. The van der Waals surface area contributed by atoms with E-state index in [1.807, 2.05) is 12.1 Å². The van der Waals surface area contributed by atoms with Crippen molar-refractivity contribution in [3.8, 4) is 17.2 Å². The Balaban J connectivity index is 2.41. The molecule has 0 N–H and O–H groups in total. The van der Waals surface area contributed by atoms with Crippen LogP contribution in [0.3, 0.4) is 0 Å². The van der Waals surface area contributed by atoms with Gasteiger partial charge in [-0.1, -0.05) is 0 Å². The maximum atomic E-state index is 12.0. The zero-order valence-electron chi connectivity index (χ0n) is 13.7. The van der Waals surface area contributed by atoms with Crippen LogP contribution in [0, 0.1) is 0 Å². The molecule has 0 saturated heterocycles. The highest BCUT2D eigenvalue weighted by molar-refractivity contribution is 5.85. The average Bonchev–Trinajstić information content (AvgIpc) is 2.61. The first-order valence-corrected chi connectivity index (χ1v) is 6.99. The molecule has 2 rings (SSSR count). The summed E-state index contributed by atoms with van der Waals surface area (Å²) in [5.74, 6) is 1.54. The lowest BCUT2D eigenvalue weighted by molar-refractivity contribution is -0.690. The first kappa shape index (κ1) is 16.6. The van der Waals surface area contributed by atoms with Crippen molar-refractivity contribution in [2.75, 3.05) is 28.4 Å². The summed E-state index contributed by atoms with van der Waals surface area (Å²) in [6.45, 7) is 0.446. The third-order valence-corrected chi connectivity index (χ3v) is 3.47. The fraction of sp³-hybridized carbons (Fsp3) is 0.294. The molecule has 1 aromatic carbocycles. The van der Waals surface area contributed by atoms with Gasteiger partial charge in [-0.15, -0.1) is 0 Å². The topological polar surface area (TPSA) is 57.9 Å². The molecule has 0 spiro atoms. The number of benzene rings is 1. The van der Waals surface area contributed by atoms with Gasteiger partial charge in [-0.3, -0.25) is 0 Å². The van der Waals surface area contributed by atoms with E-state index in [0.29, 0.717) is 29.5 Å². The molecule has 0 amide bonds. The van der Waals surface area contributed by atoms with Gasteiger partial charge in [0, 0.05) is 12.1 Å². The lowest BCUT2D eigenvalue weighted by Crippen LogP contribution is -2.41. The third-order valence-electron chi connectivity index (χ3n) is 3.47. The van der Waals surface area contributed by atoms with Crippen molar-refractivity contribution in [1.29, 1.82) is 0 Å². The highest BCUT2D eigenvalue weighted by Gasteiger charge is 2.22. The Morgan fingerprint density at radius 2 is 1.65 bits per heavy atom. The number of aromatic nitrogens is 1. The normalized spacial score (nSPS) is 10.1. The monoisotopic (exact) mass is 318 g/mol. The number of carbonyl (C=O) groups excluding carboxylic acids is 1. The second-order valence-corrected chi connectivity index (χ2v) is 4.75. The molecule has 0 aliphatic carbocycles. The molecule has 0 aliphatic heterocycles. The Morgan fingerprint density at radius 1 is 0.957 bits per heavy atom. The van der Waals surface area contributed by atoms with Crippen LogP contribution >= 0.6 is 0 Å². The number of nitrogens with zero attached hydrogens (tertiary/aromatic N) is 1. The molecule has 6 nitrogen and oxygen atoms in total. The summed E-state index contributed by atoms with van der Waals surface area (Å²) in [7, 11) is 6.09. The molecule has 0 atom stereocenters. The van der Waals surface area contributed by atoms with Crippen molar-refractivity contribution in [2.24, 2.45) is 0 Å². The minimum Gasteiger partial charge on any atom is -0.497 e. The van der Waals surface area contributed by atoms with Crippen LogP contribution in [0.25, 0.3) is 0 Å². The summed E-state index contributed by atoms with van der Waals surface area (Å²) in [6.07, 6.45) is 1.77.